The third kappa shape index (κ3) is 42.0. The van der Waals surface area contributed by atoms with Gasteiger partial charge in [0.2, 0.25) is 0 Å². The number of carbonyl (C=O) groups is 9. The molecular weight excluding hydrogens is 669 g/mol. The Labute approximate surface area is 315 Å². The van der Waals surface area contributed by atoms with E-state index in [0.29, 0.717) is 0 Å². The summed E-state index contributed by atoms with van der Waals surface area (Å²) in [6.07, 6.45) is -8.66. The molecule has 0 bridgehead atoms. The summed E-state index contributed by atoms with van der Waals surface area (Å²) in [6.45, 7) is -2.70. The van der Waals surface area contributed by atoms with E-state index < -0.39 is 111 Å². The molecule has 27 heteroatoms. The van der Waals surface area contributed by atoms with Crippen molar-refractivity contribution in [2.75, 3.05) is 19.8 Å². The van der Waals surface area contributed by atoms with Gasteiger partial charge in [-0.25, -0.2) is 28.8 Å². The van der Waals surface area contributed by atoms with Crippen LogP contribution in [0.1, 0.15) is 19.3 Å². The second-order valence-corrected chi connectivity index (χ2v) is 6.45. The summed E-state index contributed by atoms with van der Waals surface area (Å²) < 4.78 is 0. The molecule has 0 heterocycles. The van der Waals surface area contributed by atoms with Crippen molar-refractivity contribution in [2.24, 2.45) is 0 Å². The Hall–Kier alpha value is -2.01. The maximum absolute atomic E-state index is 10.6. The maximum atomic E-state index is 10.6. The molecule has 0 spiro atoms. The molecule has 24 nitrogen and oxygen atoms in total. The molecule has 0 saturated carbocycles. The van der Waals surface area contributed by atoms with Crippen LogP contribution >= 0.6 is 0 Å². The van der Waals surface area contributed by atoms with E-state index >= 15 is 0 Å². The molecule has 3 unspecified atom stereocenters. The second-order valence-electron chi connectivity index (χ2n) is 6.45. The summed E-state index contributed by atoms with van der Waals surface area (Å²) in [6, 6.07) is 0. The minimum absolute atomic E-state index is 0. The first kappa shape index (κ1) is 55.4. The van der Waals surface area contributed by atoms with E-state index in [4.69, 9.17) is 30.6 Å². The third-order valence-electron chi connectivity index (χ3n) is 2.87. The summed E-state index contributed by atoms with van der Waals surface area (Å²) in [5.41, 5.74) is 0. The number of carbonyl (C=O) groups excluding carboxylic acids is 6. The zero-order valence-corrected chi connectivity index (χ0v) is 29.5. The molecule has 45 heavy (non-hydrogen) atoms. The molecule has 0 aromatic rings. The van der Waals surface area contributed by atoms with Crippen LogP contribution in [0.25, 0.3) is 0 Å². The van der Waals surface area contributed by atoms with Crippen molar-refractivity contribution in [3.05, 3.63) is 0 Å². The number of carboxylic acids is 6. The van der Waals surface area contributed by atoms with Gasteiger partial charge in [0.25, 0.3) is 0 Å². The van der Waals surface area contributed by atoms with Gasteiger partial charge >= 0.3 is 124 Å². The van der Waals surface area contributed by atoms with Gasteiger partial charge in [-0.3, -0.25) is 14.7 Å². The fraction of sp³-hybridized carbons (Fsp3) is 0.500. The molecule has 0 amide bonds. The molecule has 0 fully saturated rings. The summed E-state index contributed by atoms with van der Waals surface area (Å²) in [4.78, 5) is 114. The fourth-order valence-corrected chi connectivity index (χ4v) is 1.30. The van der Waals surface area contributed by atoms with Crippen molar-refractivity contribution in [1.29, 1.82) is 0 Å². The van der Waals surface area contributed by atoms with Gasteiger partial charge in [-0.1, -0.05) is 0 Å². The molecule has 0 aromatic carbocycles. The number of rotatable bonds is 18. The van der Waals surface area contributed by atoms with Crippen LogP contribution in [0.4, 0.5) is 0 Å². The first-order valence-corrected chi connectivity index (χ1v) is 10.1. The number of hydrogen-bond donors (Lipinski definition) is 6. The number of aliphatic carboxylic acids is 6. The minimum Gasteiger partial charge on any atom is -0.550 e. The normalized spacial score (nSPS) is 11.0. The molecule has 0 saturated heterocycles. The number of carboxylic acid groups (broad SMARTS) is 6. The van der Waals surface area contributed by atoms with E-state index in [1.165, 1.54) is 0 Å². The smallest absolute Gasteiger partial charge is 0.550 e. The van der Waals surface area contributed by atoms with E-state index in [2.05, 4.69) is 29.3 Å². The van der Waals surface area contributed by atoms with Crippen molar-refractivity contribution < 1.29 is 207 Å². The zero-order valence-electron chi connectivity index (χ0n) is 23.5. The van der Waals surface area contributed by atoms with Gasteiger partial charge in [0.15, 0.2) is 38.1 Å². The van der Waals surface area contributed by atoms with Crippen LogP contribution < -0.4 is 104 Å². The Balaban J connectivity index is -0.000000123. The predicted octanol–water partition coefficient (Wildman–Crippen LogP) is -17.8. The van der Waals surface area contributed by atoms with Crippen molar-refractivity contribution in [2.45, 2.75) is 37.6 Å². The van der Waals surface area contributed by atoms with Crippen LogP contribution in [0, 0.1) is 0 Å². The Morgan fingerprint density at radius 2 is 0.622 bits per heavy atom. The minimum atomic E-state index is -1.94. The van der Waals surface area contributed by atoms with E-state index in [0.717, 1.165) is 0 Å². The van der Waals surface area contributed by atoms with Gasteiger partial charge in [0.05, 0.1) is 0 Å². The Kier molecular flexibility index (Phi) is 41.1. The molecule has 3 atom stereocenters. The standard InChI is InChI=1S/3C6H8O8.3Na/c3*7-3(1-4(8)9)6(12)14-13-2-5(10)11;;;/h3*3,7H,1-2H2,(H,8,9)(H,10,11);;;/q;;;3*+1/p-3. The fourth-order valence-electron chi connectivity index (χ4n) is 1.30. The SMILES string of the molecule is O=C([O-])CC(O)C(=O)OOCC(=O)O.O=C([O-])CC(O)C(=O)OOCC(=O)O.O=C([O-])CC(O)C(=O)OOCC(=O)O.[Na+].[Na+].[Na+]. The average molecular weight is 690 g/mol. The van der Waals surface area contributed by atoms with E-state index in [1.807, 2.05) is 0 Å². The summed E-state index contributed by atoms with van der Waals surface area (Å²) in [5.74, 6) is -13.3. The summed E-state index contributed by atoms with van der Waals surface area (Å²) in [5, 5.41) is 79.9. The van der Waals surface area contributed by atoms with Crippen molar-refractivity contribution in [3.63, 3.8) is 0 Å². The van der Waals surface area contributed by atoms with Crippen LogP contribution in [0.5, 0.6) is 0 Å². The van der Waals surface area contributed by atoms with Crippen LogP contribution in [0.2, 0.25) is 0 Å². The predicted molar refractivity (Wildman–Crippen MR) is 106 cm³/mol. The van der Waals surface area contributed by atoms with E-state index in [-0.39, 0.29) is 88.7 Å². The molecule has 0 aliphatic rings. The molecule has 6 N–H and O–H groups in total. The van der Waals surface area contributed by atoms with Crippen LogP contribution in [-0.2, 0) is 72.5 Å². The summed E-state index contributed by atoms with van der Waals surface area (Å²) in [7, 11) is 0. The molecule has 0 rings (SSSR count). The molecule has 0 radical (unpaired) electrons. The Morgan fingerprint density at radius 3 is 0.756 bits per heavy atom. The van der Waals surface area contributed by atoms with Gasteiger partial charge in [0.1, 0.15) is 0 Å². The first-order valence-electron chi connectivity index (χ1n) is 10.1. The monoisotopic (exact) mass is 690 g/mol. The zero-order chi connectivity index (χ0) is 33.4. The van der Waals surface area contributed by atoms with Crippen LogP contribution in [0.3, 0.4) is 0 Å². The van der Waals surface area contributed by atoms with Gasteiger partial charge in [-0.15, -0.1) is 0 Å². The Morgan fingerprint density at radius 1 is 0.444 bits per heavy atom. The van der Waals surface area contributed by atoms with Gasteiger partial charge in [-0.2, -0.15) is 14.7 Å². The molecule has 0 aromatic heterocycles. The molecule has 240 valence electrons. The van der Waals surface area contributed by atoms with Crippen molar-refractivity contribution in [3.8, 4) is 0 Å². The quantitative estimate of drug-likeness (QED) is 0.0441. The van der Waals surface area contributed by atoms with Crippen molar-refractivity contribution in [1.82, 2.24) is 0 Å². The summed E-state index contributed by atoms with van der Waals surface area (Å²) >= 11 is 0. The van der Waals surface area contributed by atoms with Crippen LogP contribution in [0.15, 0.2) is 0 Å². The largest absolute Gasteiger partial charge is 1.00 e. The van der Waals surface area contributed by atoms with Crippen LogP contribution in [-0.4, -0.2) is 122 Å². The van der Waals surface area contributed by atoms with E-state index in [9.17, 15) is 58.5 Å². The second kappa shape index (κ2) is 33.4. The Bertz CT molecular complexity index is 837. The molecule has 0 aliphatic heterocycles. The molecular formula is C18H21Na3O24. The van der Waals surface area contributed by atoms with E-state index in [1.54, 1.807) is 0 Å². The molecule has 0 aliphatic carbocycles. The first-order chi connectivity index (χ1) is 19.3. The van der Waals surface area contributed by atoms with Gasteiger partial charge in [0, 0.05) is 37.2 Å². The average Bonchev–Trinajstić information content (AvgIpc) is 2.82. The van der Waals surface area contributed by atoms with Crippen molar-refractivity contribution >= 4 is 53.7 Å². The van der Waals surface area contributed by atoms with Gasteiger partial charge in [-0.05, 0) is 0 Å². The maximum Gasteiger partial charge on any atom is 1.00 e. The number of aliphatic hydroxyl groups excluding tert-OH is 3. The topological polar surface area (TPSA) is 400 Å². The third-order valence-corrected chi connectivity index (χ3v) is 2.87. The number of aliphatic hydroxyl groups is 3. The number of hydrogen-bond acceptors (Lipinski definition) is 21. The van der Waals surface area contributed by atoms with Gasteiger partial charge < -0.3 is 60.3 Å².